The lowest BCUT2D eigenvalue weighted by Crippen LogP contribution is -2.24. The number of halogens is 2. The number of nitrogens with zero attached hydrogens (tertiary/aromatic N) is 4. The summed E-state index contributed by atoms with van der Waals surface area (Å²) in [7, 11) is 0. The SMILES string of the molecule is O=C(NCc1cn2c(n1)SCC2)c1nc2ccc(Cl)cn2c1F. The Labute approximate surface area is 139 Å². The number of pyridine rings is 1. The maximum atomic E-state index is 14.3. The van der Waals surface area contributed by atoms with Crippen LogP contribution in [0.2, 0.25) is 5.02 Å². The Morgan fingerprint density at radius 2 is 2.26 bits per heavy atom. The molecule has 0 saturated carbocycles. The minimum atomic E-state index is -0.733. The van der Waals surface area contributed by atoms with Crippen molar-refractivity contribution in [3.63, 3.8) is 0 Å². The molecular weight excluding hydrogens is 341 g/mol. The van der Waals surface area contributed by atoms with Crippen molar-refractivity contribution in [2.75, 3.05) is 5.75 Å². The Kier molecular flexibility index (Phi) is 3.50. The first-order valence-corrected chi connectivity index (χ1v) is 8.28. The van der Waals surface area contributed by atoms with Gasteiger partial charge >= 0.3 is 0 Å². The highest BCUT2D eigenvalue weighted by Crippen LogP contribution is 2.24. The van der Waals surface area contributed by atoms with E-state index >= 15 is 0 Å². The standard InChI is InChI=1S/C14H11ClFN5OS/c15-8-1-2-10-19-11(12(16)21(10)6-8)13(22)17-5-9-7-20-3-4-23-14(20)18-9/h1-2,6-7H,3-5H2,(H,17,22). The van der Waals surface area contributed by atoms with Crippen molar-refractivity contribution < 1.29 is 9.18 Å². The predicted molar refractivity (Wildman–Crippen MR) is 84.3 cm³/mol. The van der Waals surface area contributed by atoms with E-state index in [2.05, 4.69) is 15.3 Å². The van der Waals surface area contributed by atoms with E-state index in [4.69, 9.17) is 11.6 Å². The predicted octanol–water partition coefficient (Wildman–Crippen LogP) is 2.36. The Morgan fingerprint density at radius 1 is 1.39 bits per heavy atom. The fraction of sp³-hybridized carbons (Fsp3) is 0.214. The molecule has 0 fully saturated rings. The van der Waals surface area contributed by atoms with E-state index in [9.17, 15) is 9.18 Å². The van der Waals surface area contributed by atoms with Crippen LogP contribution in [0, 0.1) is 5.95 Å². The third-order valence-corrected chi connectivity index (χ3v) is 4.72. The van der Waals surface area contributed by atoms with Crippen LogP contribution < -0.4 is 5.32 Å². The van der Waals surface area contributed by atoms with Crippen molar-refractivity contribution >= 4 is 34.9 Å². The minimum Gasteiger partial charge on any atom is -0.345 e. The molecule has 9 heteroatoms. The third-order valence-electron chi connectivity index (χ3n) is 3.52. The smallest absolute Gasteiger partial charge is 0.275 e. The second-order valence-corrected chi connectivity index (χ2v) is 6.56. The Bertz CT molecular complexity index is 900. The zero-order chi connectivity index (χ0) is 16.0. The summed E-state index contributed by atoms with van der Waals surface area (Å²) < 4.78 is 17.5. The number of thioether (sulfide) groups is 1. The molecule has 0 unspecified atom stereocenters. The van der Waals surface area contributed by atoms with Gasteiger partial charge in [0.15, 0.2) is 10.9 Å². The Morgan fingerprint density at radius 3 is 3.09 bits per heavy atom. The van der Waals surface area contributed by atoms with Gasteiger partial charge in [0.1, 0.15) is 5.65 Å². The van der Waals surface area contributed by atoms with Gasteiger partial charge in [-0.2, -0.15) is 4.39 Å². The lowest BCUT2D eigenvalue weighted by Gasteiger charge is -2.00. The van der Waals surface area contributed by atoms with Gasteiger partial charge in [0.05, 0.1) is 17.3 Å². The summed E-state index contributed by atoms with van der Waals surface area (Å²) >= 11 is 7.51. The van der Waals surface area contributed by atoms with Crippen LogP contribution in [0.25, 0.3) is 5.65 Å². The van der Waals surface area contributed by atoms with Crippen LogP contribution in [0.4, 0.5) is 4.39 Å². The van der Waals surface area contributed by atoms with Crippen molar-refractivity contribution in [2.24, 2.45) is 0 Å². The quantitative estimate of drug-likeness (QED) is 0.786. The first-order valence-electron chi connectivity index (χ1n) is 6.92. The number of imidazole rings is 2. The maximum absolute atomic E-state index is 14.3. The van der Waals surface area contributed by atoms with Crippen molar-refractivity contribution in [3.05, 3.63) is 46.9 Å². The molecule has 1 aliphatic rings. The molecule has 4 rings (SSSR count). The number of carbonyl (C=O) groups excluding carboxylic acids is 1. The van der Waals surface area contributed by atoms with Gasteiger partial charge in [-0.15, -0.1) is 0 Å². The van der Waals surface area contributed by atoms with Crippen LogP contribution >= 0.6 is 23.4 Å². The van der Waals surface area contributed by atoms with E-state index in [-0.39, 0.29) is 12.2 Å². The van der Waals surface area contributed by atoms with Gasteiger partial charge in [0.25, 0.3) is 5.91 Å². The molecule has 0 aliphatic carbocycles. The van der Waals surface area contributed by atoms with Crippen LogP contribution in [-0.2, 0) is 13.1 Å². The van der Waals surface area contributed by atoms with Crippen molar-refractivity contribution in [1.82, 2.24) is 24.3 Å². The van der Waals surface area contributed by atoms with E-state index in [0.29, 0.717) is 10.7 Å². The number of rotatable bonds is 3. The van der Waals surface area contributed by atoms with E-state index < -0.39 is 11.9 Å². The number of nitrogens with one attached hydrogen (secondary N) is 1. The third kappa shape index (κ3) is 2.57. The van der Waals surface area contributed by atoms with Gasteiger partial charge in [-0.3, -0.25) is 9.20 Å². The molecule has 0 saturated heterocycles. The summed E-state index contributed by atoms with van der Waals surface area (Å²) in [6, 6.07) is 3.15. The van der Waals surface area contributed by atoms with Crippen LogP contribution in [0.3, 0.4) is 0 Å². The Hall–Kier alpha value is -2.06. The lowest BCUT2D eigenvalue weighted by atomic mass is 10.4. The summed E-state index contributed by atoms with van der Waals surface area (Å²) in [5.41, 5.74) is 0.815. The molecule has 0 aromatic carbocycles. The molecule has 23 heavy (non-hydrogen) atoms. The van der Waals surface area contributed by atoms with Crippen molar-refractivity contribution in [1.29, 1.82) is 0 Å². The highest BCUT2D eigenvalue weighted by molar-refractivity contribution is 7.99. The highest BCUT2D eigenvalue weighted by atomic mass is 35.5. The number of carbonyl (C=O) groups is 1. The van der Waals surface area contributed by atoms with E-state index in [1.54, 1.807) is 23.9 Å². The van der Waals surface area contributed by atoms with Crippen molar-refractivity contribution in [2.45, 2.75) is 18.2 Å². The van der Waals surface area contributed by atoms with Gasteiger partial charge in [0, 0.05) is 24.7 Å². The number of fused-ring (bicyclic) bond motifs is 2. The largest absolute Gasteiger partial charge is 0.345 e. The fourth-order valence-corrected chi connectivity index (χ4v) is 3.56. The summed E-state index contributed by atoms with van der Waals surface area (Å²) in [6.45, 7) is 1.15. The molecule has 0 spiro atoms. The molecule has 1 amide bonds. The Balaban J connectivity index is 1.53. The highest BCUT2D eigenvalue weighted by Gasteiger charge is 2.20. The maximum Gasteiger partial charge on any atom is 0.275 e. The fourth-order valence-electron chi connectivity index (χ4n) is 2.44. The zero-order valence-corrected chi connectivity index (χ0v) is 13.4. The van der Waals surface area contributed by atoms with Gasteiger partial charge in [-0.25, -0.2) is 9.97 Å². The zero-order valence-electron chi connectivity index (χ0n) is 11.8. The molecule has 6 nitrogen and oxygen atoms in total. The average Bonchev–Trinajstić information content (AvgIpc) is 3.19. The monoisotopic (exact) mass is 351 g/mol. The van der Waals surface area contributed by atoms with Gasteiger partial charge in [-0.1, -0.05) is 23.4 Å². The van der Waals surface area contributed by atoms with Gasteiger partial charge in [-0.05, 0) is 12.1 Å². The molecule has 1 aliphatic heterocycles. The molecule has 4 heterocycles. The number of hydrogen-bond acceptors (Lipinski definition) is 4. The molecule has 118 valence electrons. The molecular formula is C14H11ClFN5OS. The molecule has 3 aromatic heterocycles. The first kappa shape index (κ1) is 14.5. The van der Waals surface area contributed by atoms with Crippen LogP contribution in [0.15, 0.2) is 29.7 Å². The molecule has 0 bridgehead atoms. The summed E-state index contributed by atoms with van der Waals surface area (Å²) in [6.07, 6.45) is 3.28. The molecule has 0 radical (unpaired) electrons. The topological polar surface area (TPSA) is 64.2 Å². The second-order valence-electron chi connectivity index (χ2n) is 5.07. The number of aromatic nitrogens is 4. The minimum absolute atomic E-state index is 0.230. The first-order chi connectivity index (χ1) is 11.1. The number of hydrogen-bond donors (Lipinski definition) is 1. The van der Waals surface area contributed by atoms with Crippen LogP contribution in [0.1, 0.15) is 16.2 Å². The van der Waals surface area contributed by atoms with Gasteiger partial charge in [0.2, 0.25) is 5.95 Å². The van der Waals surface area contributed by atoms with Crippen LogP contribution in [-0.4, -0.2) is 30.6 Å². The average molecular weight is 352 g/mol. The van der Waals surface area contributed by atoms with E-state index in [0.717, 1.165) is 27.5 Å². The van der Waals surface area contributed by atoms with Crippen LogP contribution in [0.5, 0.6) is 0 Å². The summed E-state index contributed by atoms with van der Waals surface area (Å²) in [5, 5.41) is 3.96. The molecule has 0 atom stereocenters. The van der Waals surface area contributed by atoms with E-state index in [1.165, 1.54) is 6.20 Å². The lowest BCUT2D eigenvalue weighted by molar-refractivity contribution is 0.0941. The number of amides is 1. The van der Waals surface area contributed by atoms with Gasteiger partial charge < -0.3 is 9.88 Å². The van der Waals surface area contributed by atoms with E-state index in [1.807, 2.05) is 10.8 Å². The second kappa shape index (κ2) is 5.54. The van der Waals surface area contributed by atoms with Crippen molar-refractivity contribution in [3.8, 4) is 0 Å². The number of aryl methyl sites for hydroxylation is 1. The summed E-state index contributed by atoms with van der Waals surface area (Å²) in [5.74, 6) is -0.296. The molecule has 1 N–H and O–H groups in total. The normalized spacial score (nSPS) is 13.5. The summed E-state index contributed by atoms with van der Waals surface area (Å²) in [4.78, 5) is 20.6. The molecule has 3 aromatic rings.